The van der Waals surface area contributed by atoms with Gasteiger partial charge in [0.25, 0.3) is 0 Å². The van der Waals surface area contributed by atoms with Crippen molar-refractivity contribution < 1.29 is 15.0 Å². The molecule has 2 aromatic carbocycles. The predicted octanol–water partition coefficient (Wildman–Crippen LogP) is 2.15. The highest BCUT2D eigenvalue weighted by Gasteiger charge is 2.09. The number of carbonyl (C=O) groups excluding carboxylic acids is 1. The van der Waals surface area contributed by atoms with Crippen LogP contribution in [0.15, 0.2) is 65.7 Å². The molecule has 0 amide bonds. The van der Waals surface area contributed by atoms with Gasteiger partial charge >= 0.3 is 0 Å². The number of aliphatic hydroxyl groups excluding tert-OH is 2. The van der Waals surface area contributed by atoms with Gasteiger partial charge in [0.05, 0.1) is 41.7 Å². The zero-order chi connectivity index (χ0) is 21.5. The van der Waals surface area contributed by atoms with Crippen molar-refractivity contribution in [3.8, 4) is 0 Å². The Kier molecular flexibility index (Phi) is 6.84. The molecular formula is C22H25N5O3. The maximum absolute atomic E-state index is 11.3. The number of hydrogen-bond donors (Lipinski definition) is 5. The smallest absolute Gasteiger partial charge is 0.178 e. The SMILES string of the molecule is Nc1cc(N)c(Nc2ccc(N(CCO)CCO)cc2)cc1N=C1C=CC(=O)C=C1. The van der Waals surface area contributed by atoms with Gasteiger partial charge in [-0.1, -0.05) is 0 Å². The Labute approximate surface area is 174 Å². The molecule has 1 aliphatic carbocycles. The Morgan fingerprint density at radius 1 is 0.900 bits per heavy atom. The zero-order valence-corrected chi connectivity index (χ0v) is 16.5. The fourth-order valence-electron chi connectivity index (χ4n) is 3.01. The van der Waals surface area contributed by atoms with Crippen molar-refractivity contribution in [2.24, 2.45) is 4.99 Å². The molecule has 1 aliphatic rings. The number of nitrogens with two attached hydrogens (primary N) is 2. The Hall–Kier alpha value is -3.62. The minimum atomic E-state index is -0.0819. The monoisotopic (exact) mass is 407 g/mol. The lowest BCUT2D eigenvalue weighted by Crippen LogP contribution is -2.29. The summed E-state index contributed by atoms with van der Waals surface area (Å²) in [5.74, 6) is -0.0819. The number of aliphatic imine (C=N–C) groups is 1. The van der Waals surface area contributed by atoms with Gasteiger partial charge in [-0.05, 0) is 60.7 Å². The maximum atomic E-state index is 11.3. The van der Waals surface area contributed by atoms with Crippen LogP contribution in [0, 0.1) is 0 Å². The van der Waals surface area contributed by atoms with Crippen molar-refractivity contribution in [1.29, 1.82) is 0 Å². The molecule has 7 N–H and O–H groups in total. The molecule has 0 saturated carbocycles. The molecule has 0 atom stereocenters. The number of nitrogen functional groups attached to an aromatic ring is 2. The third-order valence-corrected chi connectivity index (χ3v) is 4.54. The zero-order valence-electron chi connectivity index (χ0n) is 16.5. The van der Waals surface area contributed by atoms with E-state index in [-0.39, 0.29) is 19.0 Å². The van der Waals surface area contributed by atoms with Crippen LogP contribution in [0.4, 0.5) is 34.1 Å². The molecule has 0 bridgehead atoms. The van der Waals surface area contributed by atoms with Gasteiger partial charge < -0.3 is 31.9 Å². The normalized spacial score (nSPS) is 12.9. The van der Waals surface area contributed by atoms with E-state index in [1.54, 1.807) is 24.3 Å². The van der Waals surface area contributed by atoms with Crippen LogP contribution in [-0.4, -0.2) is 48.0 Å². The summed E-state index contributed by atoms with van der Waals surface area (Å²) in [5.41, 5.74) is 16.6. The summed E-state index contributed by atoms with van der Waals surface area (Å²) < 4.78 is 0. The van der Waals surface area contributed by atoms with E-state index < -0.39 is 0 Å². The Morgan fingerprint density at radius 3 is 2.13 bits per heavy atom. The van der Waals surface area contributed by atoms with Gasteiger partial charge in [0, 0.05) is 24.5 Å². The molecule has 3 rings (SSSR count). The highest BCUT2D eigenvalue weighted by Crippen LogP contribution is 2.34. The molecule has 0 heterocycles. The number of anilines is 5. The lowest BCUT2D eigenvalue weighted by atomic mass is 10.1. The van der Waals surface area contributed by atoms with E-state index in [2.05, 4.69) is 10.3 Å². The van der Waals surface area contributed by atoms with Crippen molar-refractivity contribution in [2.45, 2.75) is 0 Å². The van der Waals surface area contributed by atoms with E-state index >= 15 is 0 Å². The van der Waals surface area contributed by atoms with Crippen LogP contribution < -0.4 is 21.7 Å². The second kappa shape index (κ2) is 9.73. The van der Waals surface area contributed by atoms with Crippen LogP contribution in [0.3, 0.4) is 0 Å². The molecule has 156 valence electrons. The van der Waals surface area contributed by atoms with E-state index in [0.717, 1.165) is 11.4 Å². The first-order chi connectivity index (χ1) is 14.5. The van der Waals surface area contributed by atoms with E-state index in [0.29, 0.717) is 41.6 Å². The number of rotatable bonds is 8. The summed E-state index contributed by atoms with van der Waals surface area (Å²) >= 11 is 0. The molecule has 0 fully saturated rings. The lowest BCUT2D eigenvalue weighted by molar-refractivity contribution is -0.110. The summed E-state index contributed by atoms with van der Waals surface area (Å²) in [6.45, 7) is 0.893. The largest absolute Gasteiger partial charge is 0.397 e. The number of nitrogens with zero attached hydrogens (tertiary/aromatic N) is 2. The quantitative estimate of drug-likeness (QED) is 0.334. The highest BCUT2D eigenvalue weighted by molar-refractivity contribution is 6.17. The third kappa shape index (κ3) is 5.25. The molecule has 0 aromatic heterocycles. The number of carbonyl (C=O) groups is 1. The summed E-state index contributed by atoms with van der Waals surface area (Å²) in [5, 5.41) is 21.6. The molecule has 0 aliphatic heterocycles. The molecular weight excluding hydrogens is 382 g/mol. The van der Waals surface area contributed by atoms with Crippen LogP contribution in [0.2, 0.25) is 0 Å². The van der Waals surface area contributed by atoms with Crippen LogP contribution in [0.5, 0.6) is 0 Å². The van der Waals surface area contributed by atoms with Gasteiger partial charge in [-0.25, -0.2) is 4.99 Å². The number of aliphatic hydroxyl groups is 2. The van der Waals surface area contributed by atoms with E-state index in [1.165, 1.54) is 12.2 Å². The average molecular weight is 407 g/mol. The van der Waals surface area contributed by atoms with Crippen molar-refractivity contribution in [3.63, 3.8) is 0 Å². The number of ketones is 1. The Bertz CT molecular complexity index is 973. The molecule has 0 unspecified atom stereocenters. The van der Waals surface area contributed by atoms with Gasteiger partial charge in [-0.15, -0.1) is 0 Å². The Morgan fingerprint density at radius 2 is 1.53 bits per heavy atom. The third-order valence-electron chi connectivity index (χ3n) is 4.54. The molecule has 0 saturated heterocycles. The first kappa shape index (κ1) is 21.1. The van der Waals surface area contributed by atoms with Crippen LogP contribution in [0.25, 0.3) is 0 Å². The maximum Gasteiger partial charge on any atom is 0.178 e. The van der Waals surface area contributed by atoms with Gasteiger partial charge in [0.15, 0.2) is 5.78 Å². The van der Waals surface area contributed by atoms with E-state index in [9.17, 15) is 15.0 Å². The topological polar surface area (TPSA) is 137 Å². The highest BCUT2D eigenvalue weighted by atomic mass is 16.3. The standard InChI is InChI=1S/C22H25N5O3/c23-19-13-20(24)22(26-16-3-7-18(30)8-4-16)14-21(19)25-15-1-5-17(6-2-15)27(9-11-28)10-12-29/h1-8,13-14,25,28-29H,9-12,23-24H2. The first-order valence-electron chi connectivity index (χ1n) is 9.51. The van der Waals surface area contributed by atoms with Gasteiger partial charge in [-0.3, -0.25) is 4.79 Å². The van der Waals surface area contributed by atoms with Crippen LogP contribution in [-0.2, 0) is 4.79 Å². The summed E-state index contributed by atoms with van der Waals surface area (Å²) in [4.78, 5) is 17.6. The number of hydrogen-bond acceptors (Lipinski definition) is 8. The fourth-order valence-corrected chi connectivity index (χ4v) is 3.01. The molecule has 0 radical (unpaired) electrons. The second-order valence-corrected chi connectivity index (χ2v) is 6.71. The van der Waals surface area contributed by atoms with Crippen LogP contribution >= 0.6 is 0 Å². The average Bonchev–Trinajstić information content (AvgIpc) is 2.73. The second-order valence-electron chi connectivity index (χ2n) is 6.71. The minimum absolute atomic E-state index is 0.00575. The summed E-state index contributed by atoms with van der Waals surface area (Å²) in [7, 11) is 0. The Balaban J connectivity index is 1.81. The summed E-state index contributed by atoms with van der Waals surface area (Å²) in [6.07, 6.45) is 6.16. The molecule has 8 nitrogen and oxygen atoms in total. The predicted molar refractivity (Wildman–Crippen MR) is 122 cm³/mol. The molecule has 8 heteroatoms. The minimum Gasteiger partial charge on any atom is -0.397 e. The molecule has 0 spiro atoms. The van der Waals surface area contributed by atoms with Crippen molar-refractivity contribution >= 4 is 45.6 Å². The van der Waals surface area contributed by atoms with Crippen molar-refractivity contribution in [2.75, 3.05) is 48.0 Å². The first-order valence-corrected chi connectivity index (χ1v) is 9.51. The van der Waals surface area contributed by atoms with Gasteiger partial charge in [0.1, 0.15) is 0 Å². The summed E-state index contributed by atoms with van der Waals surface area (Å²) in [6, 6.07) is 11.0. The molecule has 30 heavy (non-hydrogen) atoms. The van der Waals surface area contributed by atoms with Crippen LogP contribution in [0.1, 0.15) is 0 Å². The fraction of sp³-hybridized carbons (Fsp3) is 0.182. The van der Waals surface area contributed by atoms with E-state index in [1.807, 2.05) is 29.2 Å². The molecule has 2 aromatic rings. The van der Waals surface area contributed by atoms with Crippen molar-refractivity contribution in [1.82, 2.24) is 0 Å². The lowest BCUT2D eigenvalue weighted by Gasteiger charge is -2.23. The van der Waals surface area contributed by atoms with Gasteiger partial charge in [0.2, 0.25) is 0 Å². The number of benzene rings is 2. The number of nitrogens with one attached hydrogen (secondary N) is 1. The van der Waals surface area contributed by atoms with Gasteiger partial charge in [-0.2, -0.15) is 0 Å². The van der Waals surface area contributed by atoms with E-state index in [4.69, 9.17) is 11.5 Å². The van der Waals surface area contributed by atoms with Crippen molar-refractivity contribution in [3.05, 3.63) is 60.7 Å². The number of allylic oxidation sites excluding steroid dienone is 4.